The van der Waals surface area contributed by atoms with Crippen LogP contribution in [0.2, 0.25) is 0 Å². The summed E-state index contributed by atoms with van der Waals surface area (Å²) in [6.07, 6.45) is 0. The van der Waals surface area contributed by atoms with Crippen molar-refractivity contribution in [2.75, 3.05) is 12.4 Å². The Morgan fingerprint density at radius 1 is 1.21 bits per heavy atom. The Balaban J connectivity index is 1.98. The van der Waals surface area contributed by atoms with E-state index in [9.17, 15) is 4.79 Å². The first-order chi connectivity index (χ1) is 11.5. The number of aryl methyl sites for hydroxylation is 1. The summed E-state index contributed by atoms with van der Waals surface area (Å²) in [6, 6.07) is 11.3. The molecule has 5 nitrogen and oxygen atoms in total. The highest BCUT2D eigenvalue weighted by atomic mass is 16.5. The molecule has 0 radical (unpaired) electrons. The third kappa shape index (κ3) is 3.11. The van der Waals surface area contributed by atoms with Crippen molar-refractivity contribution in [3.63, 3.8) is 0 Å². The van der Waals surface area contributed by atoms with Crippen LogP contribution in [0.3, 0.4) is 0 Å². The van der Waals surface area contributed by atoms with E-state index in [1.54, 1.807) is 7.11 Å². The summed E-state index contributed by atoms with van der Waals surface area (Å²) in [5.74, 6) is 1.15. The van der Waals surface area contributed by atoms with Gasteiger partial charge in [0.25, 0.3) is 0 Å². The summed E-state index contributed by atoms with van der Waals surface area (Å²) >= 11 is 0. The molecule has 124 valence electrons. The van der Waals surface area contributed by atoms with E-state index in [1.807, 2.05) is 57.2 Å². The number of methoxy groups -OCH3 is 1. The number of hydrogen-bond donors (Lipinski definition) is 1. The van der Waals surface area contributed by atoms with Gasteiger partial charge in [-0.2, -0.15) is 0 Å². The van der Waals surface area contributed by atoms with E-state index in [4.69, 9.17) is 9.15 Å². The van der Waals surface area contributed by atoms with Crippen molar-refractivity contribution >= 4 is 22.7 Å². The van der Waals surface area contributed by atoms with Gasteiger partial charge in [0.2, 0.25) is 11.8 Å². The summed E-state index contributed by atoms with van der Waals surface area (Å²) in [4.78, 5) is 16.5. The van der Waals surface area contributed by atoms with E-state index in [2.05, 4.69) is 10.3 Å². The van der Waals surface area contributed by atoms with Crippen LogP contribution in [0.25, 0.3) is 22.6 Å². The molecule has 0 aliphatic rings. The van der Waals surface area contributed by atoms with Crippen molar-refractivity contribution in [3.05, 3.63) is 42.0 Å². The van der Waals surface area contributed by atoms with Crippen molar-refractivity contribution in [1.82, 2.24) is 4.98 Å². The van der Waals surface area contributed by atoms with Crippen LogP contribution in [0.5, 0.6) is 5.75 Å². The van der Waals surface area contributed by atoms with Crippen LogP contribution >= 0.6 is 0 Å². The zero-order chi connectivity index (χ0) is 17.3. The number of carbonyl (C=O) groups excluding carboxylic acids is 1. The summed E-state index contributed by atoms with van der Waals surface area (Å²) < 4.78 is 11.0. The first kappa shape index (κ1) is 16.1. The monoisotopic (exact) mass is 324 g/mol. The molecule has 3 aromatic rings. The molecule has 0 spiro atoms. The predicted octanol–water partition coefficient (Wildman–Crippen LogP) is 4.41. The largest absolute Gasteiger partial charge is 0.497 e. The molecule has 0 bridgehead atoms. The molecule has 24 heavy (non-hydrogen) atoms. The van der Waals surface area contributed by atoms with Gasteiger partial charge >= 0.3 is 0 Å². The lowest BCUT2D eigenvalue weighted by atomic mass is 10.1. The van der Waals surface area contributed by atoms with Crippen molar-refractivity contribution < 1.29 is 13.9 Å². The van der Waals surface area contributed by atoms with Crippen LogP contribution in [-0.2, 0) is 4.79 Å². The lowest BCUT2D eigenvalue weighted by molar-refractivity contribution is -0.118. The van der Waals surface area contributed by atoms with Crippen molar-refractivity contribution in [3.8, 4) is 17.2 Å². The van der Waals surface area contributed by atoms with Crippen LogP contribution in [0.4, 0.5) is 5.69 Å². The number of aromatic nitrogens is 1. The molecule has 0 unspecified atom stereocenters. The molecule has 0 aliphatic carbocycles. The highest BCUT2D eigenvalue weighted by Gasteiger charge is 2.13. The highest BCUT2D eigenvalue weighted by molar-refractivity contribution is 5.93. The van der Waals surface area contributed by atoms with Gasteiger partial charge in [-0.15, -0.1) is 0 Å². The van der Waals surface area contributed by atoms with Crippen LogP contribution in [0.1, 0.15) is 19.4 Å². The molecular weight excluding hydrogens is 304 g/mol. The Morgan fingerprint density at radius 3 is 2.71 bits per heavy atom. The third-order valence-corrected chi connectivity index (χ3v) is 3.86. The van der Waals surface area contributed by atoms with Crippen LogP contribution in [0.15, 0.2) is 40.8 Å². The topological polar surface area (TPSA) is 64.4 Å². The summed E-state index contributed by atoms with van der Waals surface area (Å²) in [5.41, 5.74) is 4.00. The van der Waals surface area contributed by atoms with Crippen LogP contribution < -0.4 is 10.1 Å². The van der Waals surface area contributed by atoms with Crippen molar-refractivity contribution in [2.45, 2.75) is 20.8 Å². The maximum Gasteiger partial charge on any atom is 0.227 e. The number of anilines is 1. The Hall–Kier alpha value is -2.82. The van der Waals surface area contributed by atoms with Gasteiger partial charge in [0.15, 0.2) is 5.58 Å². The number of carbonyl (C=O) groups is 1. The molecule has 0 fully saturated rings. The fourth-order valence-corrected chi connectivity index (χ4v) is 2.32. The zero-order valence-corrected chi connectivity index (χ0v) is 14.2. The lowest BCUT2D eigenvalue weighted by Gasteiger charge is -2.11. The van der Waals surface area contributed by atoms with Gasteiger partial charge in [-0.05, 0) is 36.8 Å². The van der Waals surface area contributed by atoms with Gasteiger partial charge in [0.05, 0.1) is 7.11 Å². The second-order valence-electron chi connectivity index (χ2n) is 6.03. The quantitative estimate of drug-likeness (QED) is 0.772. The number of ether oxygens (including phenoxy) is 1. The molecule has 1 amide bonds. The Kier molecular flexibility index (Phi) is 4.25. The fraction of sp³-hybridized carbons (Fsp3) is 0.263. The molecule has 1 heterocycles. The lowest BCUT2D eigenvalue weighted by Crippen LogP contribution is -2.18. The standard InChI is InChI=1S/C19H20N2O3/c1-11(2)18(22)20-15-9-13(6-5-12(15)3)19-21-16-10-14(23-4)7-8-17(16)24-19/h5-11H,1-4H3,(H,20,22). The minimum Gasteiger partial charge on any atom is -0.497 e. The SMILES string of the molecule is COc1ccc2oc(-c3ccc(C)c(NC(=O)C(C)C)c3)nc2c1. The minimum absolute atomic E-state index is 0.0162. The molecule has 1 N–H and O–H groups in total. The van der Waals surface area contributed by atoms with E-state index < -0.39 is 0 Å². The smallest absolute Gasteiger partial charge is 0.227 e. The number of fused-ring (bicyclic) bond motifs is 1. The van der Waals surface area contributed by atoms with E-state index in [-0.39, 0.29) is 11.8 Å². The maximum absolute atomic E-state index is 12.0. The number of nitrogens with zero attached hydrogens (tertiary/aromatic N) is 1. The van der Waals surface area contributed by atoms with Crippen molar-refractivity contribution in [2.24, 2.45) is 5.92 Å². The normalized spacial score (nSPS) is 11.0. The number of nitrogens with one attached hydrogen (secondary N) is 1. The molecule has 0 saturated carbocycles. The first-order valence-corrected chi connectivity index (χ1v) is 7.84. The van der Waals surface area contributed by atoms with Crippen molar-refractivity contribution in [1.29, 1.82) is 0 Å². The van der Waals surface area contributed by atoms with Gasteiger partial charge in [-0.3, -0.25) is 4.79 Å². The highest BCUT2D eigenvalue weighted by Crippen LogP contribution is 2.29. The number of benzene rings is 2. The van der Waals surface area contributed by atoms with Crippen LogP contribution in [0, 0.1) is 12.8 Å². The number of oxazole rings is 1. The number of hydrogen-bond acceptors (Lipinski definition) is 4. The molecule has 0 aliphatic heterocycles. The van der Waals surface area contributed by atoms with Gasteiger partial charge in [-0.1, -0.05) is 19.9 Å². The Labute approximate surface area is 140 Å². The minimum atomic E-state index is -0.0788. The summed E-state index contributed by atoms with van der Waals surface area (Å²) in [5, 5.41) is 2.94. The molecular formula is C19H20N2O3. The Morgan fingerprint density at radius 2 is 2.00 bits per heavy atom. The average Bonchev–Trinajstić information content (AvgIpc) is 2.99. The average molecular weight is 324 g/mol. The van der Waals surface area contributed by atoms with E-state index in [0.717, 1.165) is 28.1 Å². The maximum atomic E-state index is 12.0. The fourth-order valence-electron chi connectivity index (χ4n) is 2.32. The van der Waals surface area contributed by atoms with Crippen LogP contribution in [-0.4, -0.2) is 18.0 Å². The predicted molar refractivity (Wildman–Crippen MR) is 94.2 cm³/mol. The molecule has 5 heteroatoms. The second kappa shape index (κ2) is 6.35. The third-order valence-electron chi connectivity index (χ3n) is 3.86. The van der Waals surface area contributed by atoms with Gasteiger partial charge in [0.1, 0.15) is 11.3 Å². The first-order valence-electron chi connectivity index (χ1n) is 7.84. The van der Waals surface area contributed by atoms with E-state index in [0.29, 0.717) is 11.5 Å². The number of rotatable bonds is 4. The summed E-state index contributed by atoms with van der Waals surface area (Å²) in [6.45, 7) is 5.68. The van der Waals surface area contributed by atoms with Gasteiger partial charge in [0, 0.05) is 23.2 Å². The molecule has 0 saturated heterocycles. The molecule has 2 aromatic carbocycles. The van der Waals surface area contributed by atoms with E-state index in [1.165, 1.54) is 0 Å². The van der Waals surface area contributed by atoms with Gasteiger partial charge < -0.3 is 14.5 Å². The summed E-state index contributed by atoms with van der Waals surface area (Å²) in [7, 11) is 1.62. The number of amides is 1. The molecule has 1 aromatic heterocycles. The second-order valence-corrected chi connectivity index (χ2v) is 6.03. The Bertz CT molecular complexity index is 897. The molecule has 3 rings (SSSR count). The zero-order valence-electron chi connectivity index (χ0n) is 14.2. The van der Waals surface area contributed by atoms with E-state index >= 15 is 0 Å². The molecule has 0 atom stereocenters. The van der Waals surface area contributed by atoms with Gasteiger partial charge in [-0.25, -0.2) is 4.98 Å².